The number of allylic oxidation sites excluding steroid dienone is 2. The first-order chi connectivity index (χ1) is 15.6. The first-order valence-corrected chi connectivity index (χ1v) is 12.3. The quantitative estimate of drug-likeness (QED) is 0.449. The standard InChI is InChI=1S/C25H38N2O6/c1-14(28)22(23(31)32)26-21(30)13-33-27-16-8-10-24(2)15(12-16)4-5-17-18-6-7-20(29)25(18,3)11-9-19(17)24/h12,14,17-20,22,28-29H,4-11,13H2,1-3H3,(H,26,30)(H,31,32)/t14-,17+,18-,19-,20-,22-,24-,25-/m0/s1. The molecule has 33 heavy (non-hydrogen) atoms. The zero-order valence-corrected chi connectivity index (χ0v) is 19.9. The molecule has 8 nitrogen and oxygen atoms in total. The van der Waals surface area contributed by atoms with Crippen LogP contribution in [0.4, 0.5) is 0 Å². The van der Waals surface area contributed by atoms with Gasteiger partial charge in [-0.25, -0.2) is 4.79 Å². The highest BCUT2D eigenvalue weighted by Crippen LogP contribution is 2.65. The van der Waals surface area contributed by atoms with Crippen LogP contribution in [0.5, 0.6) is 0 Å². The fraction of sp³-hybridized carbons (Fsp3) is 0.800. The molecule has 3 saturated carbocycles. The number of oxime groups is 1. The van der Waals surface area contributed by atoms with E-state index in [-0.39, 0.29) is 16.9 Å². The largest absolute Gasteiger partial charge is 0.480 e. The van der Waals surface area contributed by atoms with Gasteiger partial charge in [0.1, 0.15) is 0 Å². The van der Waals surface area contributed by atoms with Crippen LogP contribution >= 0.6 is 0 Å². The van der Waals surface area contributed by atoms with Gasteiger partial charge in [0.2, 0.25) is 0 Å². The van der Waals surface area contributed by atoms with Crippen molar-refractivity contribution in [3.8, 4) is 0 Å². The third-order valence-electron chi connectivity index (χ3n) is 9.37. The van der Waals surface area contributed by atoms with Gasteiger partial charge in [-0.15, -0.1) is 0 Å². The first kappa shape index (κ1) is 24.2. The summed E-state index contributed by atoms with van der Waals surface area (Å²) in [4.78, 5) is 28.3. The SMILES string of the molecule is C[C@H](O)[C@H](NC(=O)CON=C1C=C2CC[C@@H]3[C@@H]4CC[C@H](O)[C@@]4(C)CC[C@@H]3[C@@]2(C)CC1)C(=O)O. The molecule has 0 radical (unpaired) electrons. The lowest BCUT2D eigenvalue weighted by Crippen LogP contribution is -2.51. The van der Waals surface area contributed by atoms with Gasteiger partial charge in [0.05, 0.1) is 17.9 Å². The number of carboxylic acids is 1. The lowest BCUT2D eigenvalue weighted by molar-refractivity contribution is -0.145. The Morgan fingerprint density at radius 2 is 1.94 bits per heavy atom. The van der Waals surface area contributed by atoms with E-state index in [1.165, 1.54) is 18.9 Å². The maximum Gasteiger partial charge on any atom is 0.328 e. The Labute approximate surface area is 195 Å². The zero-order valence-electron chi connectivity index (χ0n) is 19.9. The molecule has 0 spiro atoms. The van der Waals surface area contributed by atoms with Crippen LogP contribution < -0.4 is 5.32 Å². The molecule has 1 amide bonds. The van der Waals surface area contributed by atoms with Crippen molar-refractivity contribution in [3.63, 3.8) is 0 Å². The maximum atomic E-state index is 12.0. The summed E-state index contributed by atoms with van der Waals surface area (Å²) in [6.45, 7) is 5.62. The predicted octanol–water partition coefficient (Wildman–Crippen LogP) is 2.63. The number of carboxylic acid groups (broad SMARTS) is 1. The third-order valence-corrected chi connectivity index (χ3v) is 9.37. The summed E-state index contributed by atoms with van der Waals surface area (Å²) in [6, 6.07) is -1.38. The summed E-state index contributed by atoms with van der Waals surface area (Å²) < 4.78 is 0. The number of hydrogen-bond acceptors (Lipinski definition) is 6. The van der Waals surface area contributed by atoms with Crippen LogP contribution in [-0.2, 0) is 14.4 Å². The van der Waals surface area contributed by atoms with Gasteiger partial charge < -0.3 is 25.5 Å². The van der Waals surface area contributed by atoms with Gasteiger partial charge in [-0.1, -0.05) is 24.6 Å². The van der Waals surface area contributed by atoms with E-state index in [0.29, 0.717) is 17.8 Å². The number of aliphatic hydroxyl groups excluding tert-OH is 2. The summed E-state index contributed by atoms with van der Waals surface area (Å²) in [7, 11) is 0. The smallest absolute Gasteiger partial charge is 0.328 e. The minimum absolute atomic E-state index is 0.0852. The minimum Gasteiger partial charge on any atom is -0.480 e. The Balaban J connectivity index is 1.39. The molecule has 184 valence electrons. The van der Waals surface area contributed by atoms with E-state index in [9.17, 15) is 19.8 Å². The van der Waals surface area contributed by atoms with Crippen LogP contribution in [0.1, 0.15) is 72.1 Å². The second-order valence-electron chi connectivity index (χ2n) is 11.1. The van der Waals surface area contributed by atoms with Crippen molar-refractivity contribution in [2.45, 2.75) is 90.4 Å². The van der Waals surface area contributed by atoms with Gasteiger partial charge in [0, 0.05) is 0 Å². The van der Waals surface area contributed by atoms with E-state index in [1.807, 2.05) is 0 Å². The summed E-state index contributed by atoms with van der Waals surface area (Å²) in [5, 5.41) is 35.5. The van der Waals surface area contributed by atoms with Gasteiger partial charge in [0.15, 0.2) is 12.6 Å². The number of aliphatic carboxylic acids is 1. The average Bonchev–Trinajstić information content (AvgIpc) is 3.06. The molecule has 3 fully saturated rings. The Morgan fingerprint density at radius 3 is 2.64 bits per heavy atom. The van der Waals surface area contributed by atoms with Crippen molar-refractivity contribution in [1.82, 2.24) is 5.32 Å². The van der Waals surface area contributed by atoms with Crippen LogP contribution in [0.25, 0.3) is 0 Å². The van der Waals surface area contributed by atoms with Crippen molar-refractivity contribution in [1.29, 1.82) is 0 Å². The molecule has 0 bridgehead atoms. The van der Waals surface area contributed by atoms with E-state index >= 15 is 0 Å². The highest BCUT2D eigenvalue weighted by Gasteiger charge is 2.58. The molecule has 0 saturated heterocycles. The van der Waals surface area contributed by atoms with Gasteiger partial charge in [-0.2, -0.15) is 0 Å². The lowest BCUT2D eigenvalue weighted by atomic mass is 9.47. The van der Waals surface area contributed by atoms with Gasteiger partial charge in [0.25, 0.3) is 5.91 Å². The summed E-state index contributed by atoms with van der Waals surface area (Å²) >= 11 is 0. The van der Waals surface area contributed by atoms with Crippen molar-refractivity contribution in [2.75, 3.05) is 6.61 Å². The first-order valence-electron chi connectivity index (χ1n) is 12.3. The molecular weight excluding hydrogens is 424 g/mol. The van der Waals surface area contributed by atoms with Gasteiger partial charge in [-0.3, -0.25) is 4.79 Å². The zero-order chi connectivity index (χ0) is 24.0. The van der Waals surface area contributed by atoms with E-state index in [4.69, 9.17) is 9.94 Å². The number of fused-ring (bicyclic) bond motifs is 5. The molecule has 0 aromatic rings. The molecule has 4 aliphatic rings. The third kappa shape index (κ3) is 4.32. The van der Waals surface area contributed by atoms with Crippen LogP contribution in [0.3, 0.4) is 0 Å². The topological polar surface area (TPSA) is 128 Å². The number of carbonyl (C=O) groups is 2. The highest BCUT2D eigenvalue weighted by atomic mass is 16.6. The monoisotopic (exact) mass is 462 g/mol. The molecule has 0 unspecified atom stereocenters. The molecular formula is C25H38N2O6. The van der Waals surface area contributed by atoms with Crippen LogP contribution in [-0.4, -0.2) is 57.8 Å². The number of nitrogens with one attached hydrogen (secondary N) is 1. The van der Waals surface area contributed by atoms with E-state index in [0.717, 1.165) is 50.7 Å². The number of aliphatic hydroxyl groups is 2. The Morgan fingerprint density at radius 1 is 1.18 bits per heavy atom. The molecule has 8 heteroatoms. The summed E-state index contributed by atoms with van der Waals surface area (Å²) in [5.41, 5.74) is 2.47. The number of carbonyl (C=O) groups excluding carboxylic acids is 1. The highest BCUT2D eigenvalue weighted by molar-refractivity contribution is 5.96. The minimum atomic E-state index is -1.38. The van der Waals surface area contributed by atoms with E-state index in [2.05, 4.69) is 30.4 Å². The number of rotatable bonds is 6. The van der Waals surface area contributed by atoms with Crippen LogP contribution in [0.15, 0.2) is 16.8 Å². The number of amides is 1. The summed E-state index contributed by atoms with van der Waals surface area (Å²) in [6.07, 6.45) is 9.11. The molecule has 0 aromatic carbocycles. The fourth-order valence-corrected chi connectivity index (χ4v) is 7.39. The molecule has 8 atom stereocenters. The molecule has 4 N–H and O–H groups in total. The van der Waals surface area contributed by atoms with Crippen LogP contribution in [0.2, 0.25) is 0 Å². The Bertz CT molecular complexity index is 854. The van der Waals surface area contributed by atoms with Crippen molar-refractivity contribution in [3.05, 3.63) is 11.6 Å². The second kappa shape index (κ2) is 9.02. The normalized spacial score (nSPS) is 40.6. The van der Waals surface area contributed by atoms with Crippen LogP contribution in [0, 0.1) is 28.6 Å². The molecule has 4 rings (SSSR count). The Hall–Kier alpha value is -1.93. The number of nitrogens with zero attached hydrogens (tertiary/aromatic N) is 1. The molecule has 0 aromatic heterocycles. The van der Waals surface area contributed by atoms with Crippen molar-refractivity contribution >= 4 is 17.6 Å². The van der Waals surface area contributed by atoms with E-state index in [1.54, 1.807) is 0 Å². The van der Waals surface area contributed by atoms with E-state index < -0.39 is 30.6 Å². The molecule has 4 aliphatic carbocycles. The second-order valence-corrected chi connectivity index (χ2v) is 11.1. The Kier molecular flexibility index (Phi) is 6.62. The molecule has 0 aliphatic heterocycles. The maximum absolute atomic E-state index is 12.0. The lowest BCUT2D eigenvalue weighted by Gasteiger charge is -2.57. The predicted molar refractivity (Wildman–Crippen MR) is 122 cm³/mol. The van der Waals surface area contributed by atoms with Gasteiger partial charge in [-0.05, 0) is 93.0 Å². The number of hydrogen-bond donors (Lipinski definition) is 4. The van der Waals surface area contributed by atoms with Crippen molar-refractivity contribution in [2.24, 2.45) is 33.7 Å². The summed E-state index contributed by atoms with van der Waals surface area (Å²) in [5.74, 6) is 0.00935. The fourth-order valence-electron chi connectivity index (χ4n) is 7.39. The van der Waals surface area contributed by atoms with Gasteiger partial charge >= 0.3 is 5.97 Å². The average molecular weight is 463 g/mol. The molecule has 0 heterocycles. The van der Waals surface area contributed by atoms with Crippen molar-refractivity contribution < 1.29 is 29.7 Å².